The van der Waals surface area contributed by atoms with Crippen molar-refractivity contribution in [1.29, 1.82) is 10.8 Å². The Labute approximate surface area is 491 Å². The first-order valence-electron chi connectivity index (χ1n) is 0.908. The van der Waals surface area contributed by atoms with Crippen LogP contribution in [0.1, 0.15) is 460 Å². The molecule has 0 aromatic carbocycles. The molecule has 2 N–H and O–H groups in total. The molecule has 0 aliphatic carbocycles. The first kappa shape index (κ1) is 37900. The fourth-order valence-corrected chi connectivity index (χ4v) is 0. The largest absolute Gasteiger partial charge is 0.231 e. The minimum atomic E-state index is 0. The zero-order valence-electron chi connectivity index (χ0n) is 2.82. The summed E-state index contributed by atoms with van der Waals surface area (Å²) in [5.41, 5.74) is 0. The minimum absolute atomic E-state index is 0. The van der Waals surface area contributed by atoms with E-state index >= 15 is 0 Å². The Morgan fingerprint density at radius 1 is 0.103 bits per heavy atom. The van der Waals surface area contributed by atoms with Gasteiger partial charge in [0.2, 0.25) is 12.2 Å². The number of carbonyl (C=O) groups excluding carboxylic acids is 2. The summed E-state index contributed by atoms with van der Waals surface area (Å²) in [5.74, 6) is 0. The quantitative estimate of drug-likeness (QED) is 0.187. The smallest absolute Gasteiger partial charge is 0.222 e. The Bertz CT molecular complexity index is 80.0. The van der Waals surface area contributed by atoms with Crippen LogP contribution in [0.15, 0.2) is 0 Å². The molecule has 0 aromatic heterocycles. The monoisotopic (exact) mass is 1080 g/mol. The Kier molecular flexibility index (Phi) is 266000000. The van der Waals surface area contributed by atoms with E-state index in [4.69, 9.17) is 20.4 Å². The number of hydrogen-bond acceptors (Lipinski definition) is 4. The average Bonchev–Trinajstić information content (AvgIpc) is 1.39. The topological polar surface area (TPSA) is 81.8 Å². The SMILES string of the molecule is C.C.C.C.C.C.C.C.C.C.C.C.C.C.C.C.C.C.C.C.C.C.C.C.C.C.C.C.C.C.C.C.C.C.C.C.C.C.C.C.C.C.C.C.C.C.C.C.C.C.C.C.C.C.C.C.C.C.C.C.C.C.N=C=O.N=C=O. The van der Waals surface area contributed by atoms with E-state index in [0.29, 0.717) is 0 Å². The van der Waals surface area contributed by atoms with E-state index in [-0.39, 0.29) is 460 Å². The molecule has 0 rings (SSSR count). The van der Waals surface area contributed by atoms with E-state index in [1.54, 1.807) is 0 Å². The zero-order valence-corrected chi connectivity index (χ0v) is 2.82. The van der Waals surface area contributed by atoms with Crippen LogP contribution in [0.5, 0.6) is 0 Å². The van der Waals surface area contributed by atoms with Gasteiger partial charge in [-0.1, -0.05) is 460 Å². The second-order valence-corrected chi connectivity index (χ2v) is 0.204. The summed E-state index contributed by atoms with van der Waals surface area (Å²) in [7, 11) is 0. The molecule has 4 nitrogen and oxygen atoms in total. The van der Waals surface area contributed by atoms with Gasteiger partial charge in [-0.15, -0.1) is 0 Å². The van der Waals surface area contributed by atoms with Gasteiger partial charge >= 0.3 is 0 Å². The molecule has 0 spiro atoms. The van der Waals surface area contributed by atoms with Gasteiger partial charge in [-0.2, -0.15) is 0 Å². The molecule has 0 saturated carbocycles. The fraction of sp³-hybridized carbons (Fsp3) is 0.969. The van der Waals surface area contributed by atoms with E-state index in [0.717, 1.165) is 12.2 Å². The Morgan fingerprint density at radius 3 is 0.103 bits per heavy atom. The maximum atomic E-state index is 8.35. The number of hydrogen-bond donors (Lipinski definition) is 2. The second kappa shape index (κ2) is 477000. The van der Waals surface area contributed by atoms with Crippen LogP contribution < -0.4 is 0 Å². The minimum Gasteiger partial charge on any atom is -0.222 e. The van der Waals surface area contributed by atoms with E-state index in [1.165, 1.54) is 0 Å². The van der Waals surface area contributed by atoms with Gasteiger partial charge in [0.05, 0.1) is 0 Å². The van der Waals surface area contributed by atoms with Crippen LogP contribution in [0, 0.1) is 10.8 Å². The number of nitrogens with one attached hydrogen (secondary N) is 2. The highest BCUT2D eigenvalue weighted by atomic mass is 16.1. The second-order valence-electron chi connectivity index (χ2n) is 0.204. The van der Waals surface area contributed by atoms with Crippen LogP contribution in [0.2, 0.25) is 0 Å². The molecule has 0 fully saturated rings. The molecule has 0 unspecified atom stereocenters. The highest BCUT2D eigenvalue weighted by molar-refractivity contribution is 5.26. The summed E-state index contributed by atoms with van der Waals surface area (Å²) in [6.45, 7) is 0. The lowest BCUT2D eigenvalue weighted by Crippen LogP contribution is -1.16. The normalized spacial score (nSPS) is 0.235. The molecule has 4 heteroatoms. The van der Waals surface area contributed by atoms with Crippen molar-refractivity contribution < 1.29 is 9.59 Å². The molecule has 0 bridgehead atoms. The average molecular weight is 1080 g/mol. The maximum absolute atomic E-state index is 8.35. The van der Waals surface area contributed by atoms with Crippen LogP contribution in [-0.2, 0) is 9.59 Å². The molecule has 0 amide bonds. The fourth-order valence-electron chi connectivity index (χ4n) is 0. The van der Waals surface area contributed by atoms with Crippen molar-refractivity contribution >= 4 is 12.2 Å². The van der Waals surface area contributed by atoms with Crippen LogP contribution in [-0.4, -0.2) is 12.2 Å². The van der Waals surface area contributed by atoms with Crippen molar-refractivity contribution in [2.75, 3.05) is 0 Å². The van der Waals surface area contributed by atoms with Gasteiger partial charge in [-0.25, -0.2) is 20.4 Å². The summed E-state index contributed by atoms with van der Waals surface area (Å²) < 4.78 is 0. The molecule has 0 aliphatic rings. The Balaban J connectivity index is -0.0000000000397. The van der Waals surface area contributed by atoms with Crippen molar-refractivity contribution in [3.63, 3.8) is 0 Å². The molecule has 0 radical (unpaired) electrons. The molecule has 528 valence electrons. The lowest BCUT2D eigenvalue weighted by molar-refractivity contribution is 0.562. The van der Waals surface area contributed by atoms with Gasteiger partial charge in [0.15, 0.2) is 0 Å². The zero-order chi connectivity index (χ0) is 5.41. The molecule has 68 heavy (non-hydrogen) atoms. The highest BCUT2D eigenvalue weighted by Crippen LogP contribution is 0.871. The number of isocyanates is 2. The Hall–Kier alpha value is -1.24. The van der Waals surface area contributed by atoms with Crippen LogP contribution in [0.4, 0.5) is 0 Å². The molecule has 0 aliphatic heterocycles. The summed E-state index contributed by atoms with van der Waals surface area (Å²) >= 11 is 0. The predicted molar refractivity (Wildman–Crippen MR) is 434 cm³/mol. The third-order valence-electron chi connectivity index (χ3n) is 0. The van der Waals surface area contributed by atoms with Crippen molar-refractivity contribution in [3.05, 3.63) is 0 Å². The van der Waals surface area contributed by atoms with Crippen molar-refractivity contribution in [2.45, 2.75) is 460 Å². The lowest BCUT2D eigenvalue weighted by atomic mass is 11.7. The van der Waals surface area contributed by atoms with E-state index in [2.05, 4.69) is 0 Å². The van der Waals surface area contributed by atoms with E-state index in [1.807, 2.05) is 0 Å². The van der Waals surface area contributed by atoms with Gasteiger partial charge in [-0.3, -0.25) is 0 Å². The summed E-state index contributed by atoms with van der Waals surface area (Å²) in [6, 6.07) is 0. The first-order chi connectivity index (χ1) is 2.83. The van der Waals surface area contributed by atoms with Gasteiger partial charge in [0.25, 0.3) is 0 Å². The molecule has 0 saturated heterocycles. The summed E-state index contributed by atoms with van der Waals surface area (Å²) in [4.78, 5) is 16.7. The van der Waals surface area contributed by atoms with Crippen LogP contribution in [0.25, 0.3) is 0 Å². The molecular formula is C64H250N2O2. The highest BCUT2D eigenvalue weighted by Gasteiger charge is 1.04. The van der Waals surface area contributed by atoms with E-state index in [9.17, 15) is 0 Å². The molecule has 0 heterocycles. The Morgan fingerprint density at radius 2 is 0.103 bits per heavy atom. The van der Waals surface area contributed by atoms with Crippen molar-refractivity contribution in [2.24, 2.45) is 0 Å². The summed E-state index contributed by atoms with van der Waals surface area (Å²) in [6.07, 6.45) is 1.50. The first-order valence-corrected chi connectivity index (χ1v) is 0.908. The van der Waals surface area contributed by atoms with Gasteiger partial charge < -0.3 is 0 Å². The molecule has 0 atom stereocenters. The standard InChI is InChI=1S/2CHNO.62CH4/c2*2-1-3;;;;;;;;;;;;;;;;;;;;;;;;;;;;;;;;;;;;;;;;;;;;;;;;;;;;;;;;;;;;;;/h2*2H;62*1H4. The molecular weight excluding hydrogens is 829 g/mol. The van der Waals surface area contributed by atoms with Crippen molar-refractivity contribution in [3.8, 4) is 0 Å². The predicted octanol–water partition coefficient (Wildman–Crippen LogP) is 39.2. The summed E-state index contributed by atoms with van der Waals surface area (Å²) in [5, 5.41) is 10.8. The van der Waals surface area contributed by atoms with Gasteiger partial charge in [0, 0.05) is 0 Å². The van der Waals surface area contributed by atoms with Gasteiger partial charge in [-0.05, 0) is 0 Å². The molecule has 0 aromatic rings. The third kappa shape index (κ3) is 171000. The van der Waals surface area contributed by atoms with Gasteiger partial charge in [0.1, 0.15) is 0 Å². The van der Waals surface area contributed by atoms with E-state index < -0.39 is 0 Å². The third-order valence-corrected chi connectivity index (χ3v) is 0. The number of rotatable bonds is 0. The lowest BCUT2D eigenvalue weighted by Gasteiger charge is -1.02. The van der Waals surface area contributed by atoms with Crippen LogP contribution >= 0.6 is 0 Å². The van der Waals surface area contributed by atoms with Crippen LogP contribution in [0.3, 0.4) is 0 Å². The van der Waals surface area contributed by atoms with Crippen molar-refractivity contribution in [1.82, 2.24) is 0 Å². The maximum Gasteiger partial charge on any atom is 0.231 e.